The zero-order chi connectivity index (χ0) is 14.2. The number of nitrogens with zero attached hydrogens (tertiary/aromatic N) is 1. The number of fused-ring (bicyclic) bond motifs is 1. The van der Waals surface area contributed by atoms with Crippen molar-refractivity contribution in [3.05, 3.63) is 52.2 Å². The number of thioether (sulfide) groups is 1. The standard InChI is InChI=1S/C17H17NOS2/c19-17(16-11-12-5-1-2-7-14(12)21-16)18-9-3-6-13(18)15-8-4-10-20-15/h1-2,4-5,7-8,10,13,16H,3,6,9,11H2. The number of rotatable bonds is 2. The lowest BCUT2D eigenvalue weighted by molar-refractivity contribution is -0.131. The van der Waals surface area contributed by atoms with Gasteiger partial charge in [-0.3, -0.25) is 4.79 Å². The maximum atomic E-state index is 12.9. The van der Waals surface area contributed by atoms with Crippen molar-refractivity contribution in [3.63, 3.8) is 0 Å². The molecule has 1 saturated heterocycles. The van der Waals surface area contributed by atoms with Gasteiger partial charge in [0, 0.05) is 16.3 Å². The van der Waals surface area contributed by atoms with Crippen LogP contribution in [0.3, 0.4) is 0 Å². The summed E-state index contributed by atoms with van der Waals surface area (Å²) in [5.41, 5.74) is 1.33. The summed E-state index contributed by atoms with van der Waals surface area (Å²) in [5, 5.41) is 2.18. The number of hydrogen-bond acceptors (Lipinski definition) is 3. The van der Waals surface area contributed by atoms with Gasteiger partial charge in [-0.1, -0.05) is 24.3 Å². The minimum Gasteiger partial charge on any atom is -0.334 e. The summed E-state index contributed by atoms with van der Waals surface area (Å²) in [7, 11) is 0. The van der Waals surface area contributed by atoms with E-state index in [1.807, 2.05) is 0 Å². The Morgan fingerprint density at radius 3 is 2.90 bits per heavy atom. The Bertz CT molecular complexity index is 628. The molecule has 2 nitrogen and oxygen atoms in total. The Morgan fingerprint density at radius 1 is 1.19 bits per heavy atom. The number of carbonyl (C=O) groups excluding carboxylic acids is 1. The van der Waals surface area contributed by atoms with Crippen LogP contribution < -0.4 is 0 Å². The zero-order valence-electron chi connectivity index (χ0n) is 11.7. The second kappa shape index (κ2) is 5.50. The van der Waals surface area contributed by atoms with Crippen molar-refractivity contribution < 1.29 is 4.79 Å². The minimum absolute atomic E-state index is 0.0722. The van der Waals surface area contributed by atoms with Crippen molar-refractivity contribution in [2.24, 2.45) is 0 Å². The van der Waals surface area contributed by atoms with Crippen LogP contribution in [0.4, 0.5) is 0 Å². The summed E-state index contributed by atoms with van der Waals surface area (Å²) in [6.07, 6.45) is 3.11. The van der Waals surface area contributed by atoms with E-state index in [2.05, 4.69) is 46.7 Å². The number of amides is 1. The first-order chi connectivity index (χ1) is 10.3. The molecular formula is C17H17NOS2. The average Bonchev–Trinajstić information content (AvgIpc) is 3.23. The van der Waals surface area contributed by atoms with Crippen LogP contribution in [0, 0.1) is 0 Å². The zero-order valence-corrected chi connectivity index (χ0v) is 13.3. The fraction of sp³-hybridized carbons (Fsp3) is 0.353. The van der Waals surface area contributed by atoms with Crippen molar-refractivity contribution >= 4 is 29.0 Å². The number of likely N-dealkylation sites (tertiary alicyclic amines) is 1. The highest BCUT2D eigenvalue weighted by Gasteiger charge is 2.37. The molecule has 2 unspecified atom stereocenters. The molecule has 4 heteroatoms. The van der Waals surface area contributed by atoms with E-state index in [4.69, 9.17) is 0 Å². The minimum atomic E-state index is 0.0722. The third kappa shape index (κ3) is 2.40. The molecule has 1 fully saturated rings. The SMILES string of the molecule is O=C(C1Cc2ccccc2S1)N1CCCC1c1cccs1. The molecule has 1 aromatic heterocycles. The van der Waals surface area contributed by atoms with E-state index in [1.54, 1.807) is 23.1 Å². The average molecular weight is 315 g/mol. The van der Waals surface area contributed by atoms with E-state index in [0.29, 0.717) is 11.9 Å². The van der Waals surface area contributed by atoms with E-state index in [1.165, 1.54) is 15.3 Å². The van der Waals surface area contributed by atoms with E-state index < -0.39 is 0 Å². The van der Waals surface area contributed by atoms with Gasteiger partial charge in [0.05, 0.1) is 11.3 Å². The van der Waals surface area contributed by atoms with Gasteiger partial charge in [0.2, 0.25) is 5.91 Å². The lowest BCUT2D eigenvalue weighted by Crippen LogP contribution is -2.37. The van der Waals surface area contributed by atoms with Crippen molar-refractivity contribution in [1.29, 1.82) is 0 Å². The Balaban J connectivity index is 1.53. The maximum absolute atomic E-state index is 12.9. The fourth-order valence-electron chi connectivity index (χ4n) is 3.31. The normalized spacial score (nSPS) is 24.3. The van der Waals surface area contributed by atoms with Crippen LogP contribution in [0.2, 0.25) is 0 Å². The number of hydrogen-bond donors (Lipinski definition) is 0. The smallest absolute Gasteiger partial charge is 0.236 e. The first kappa shape index (κ1) is 13.4. The third-order valence-corrected chi connectivity index (χ3v) is 6.61. The van der Waals surface area contributed by atoms with Crippen molar-refractivity contribution in [2.45, 2.75) is 35.4 Å². The van der Waals surface area contributed by atoms with E-state index in [9.17, 15) is 4.79 Å². The van der Waals surface area contributed by atoms with Crippen molar-refractivity contribution in [3.8, 4) is 0 Å². The third-order valence-electron chi connectivity index (χ3n) is 4.33. The second-order valence-electron chi connectivity index (χ2n) is 5.62. The fourth-order valence-corrected chi connectivity index (χ4v) is 5.45. The topological polar surface area (TPSA) is 20.3 Å². The van der Waals surface area contributed by atoms with E-state index in [-0.39, 0.29) is 5.25 Å². The first-order valence-electron chi connectivity index (χ1n) is 7.41. The number of thiophene rings is 1. The van der Waals surface area contributed by atoms with Crippen LogP contribution >= 0.6 is 23.1 Å². The summed E-state index contributed by atoms with van der Waals surface area (Å²) in [6, 6.07) is 13.0. The molecule has 1 aromatic carbocycles. The van der Waals surface area contributed by atoms with Crippen LogP contribution in [0.15, 0.2) is 46.7 Å². The Hall–Kier alpha value is -1.26. The van der Waals surface area contributed by atoms with E-state index in [0.717, 1.165) is 25.8 Å². The molecule has 2 aromatic rings. The first-order valence-corrected chi connectivity index (χ1v) is 9.17. The molecule has 3 heterocycles. The predicted molar refractivity (Wildman–Crippen MR) is 87.8 cm³/mol. The molecule has 4 rings (SSSR count). The van der Waals surface area contributed by atoms with Crippen LogP contribution in [0.5, 0.6) is 0 Å². The van der Waals surface area contributed by atoms with Crippen LogP contribution in [0.25, 0.3) is 0 Å². The molecule has 2 aliphatic heterocycles. The molecule has 0 N–H and O–H groups in total. The van der Waals surface area contributed by atoms with Gasteiger partial charge in [0.1, 0.15) is 0 Å². The Labute approximate surface area is 133 Å². The molecule has 108 valence electrons. The molecule has 21 heavy (non-hydrogen) atoms. The van der Waals surface area contributed by atoms with Crippen LogP contribution in [-0.2, 0) is 11.2 Å². The molecule has 0 spiro atoms. The highest BCUT2D eigenvalue weighted by atomic mass is 32.2. The highest BCUT2D eigenvalue weighted by molar-refractivity contribution is 8.01. The predicted octanol–water partition coefficient (Wildman–Crippen LogP) is 4.13. The molecular weight excluding hydrogens is 298 g/mol. The maximum Gasteiger partial charge on any atom is 0.236 e. The lowest BCUT2D eigenvalue weighted by Gasteiger charge is -2.26. The molecule has 2 aliphatic rings. The molecule has 1 amide bonds. The largest absolute Gasteiger partial charge is 0.334 e. The quantitative estimate of drug-likeness (QED) is 0.830. The molecule has 0 radical (unpaired) electrons. The van der Waals surface area contributed by atoms with Crippen molar-refractivity contribution in [2.75, 3.05) is 6.54 Å². The summed E-state index contributed by atoms with van der Waals surface area (Å²) >= 11 is 3.51. The summed E-state index contributed by atoms with van der Waals surface area (Å²) in [6.45, 7) is 0.912. The summed E-state index contributed by atoms with van der Waals surface area (Å²) in [5.74, 6) is 0.326. The van der Waals surface area contributed by atoms with Gasteiger partial charge in [-0.05, 0) is 42.3 Å². The van der Waals surface area contributed by atoms with Gasteiger partial charge in [0.15, 0.2) is 0 Å². The lowest BCUT2D eigenvalue weighted by atomic mass is 10.1. The van der Waals surface area contributed by atoms with E-state index >= 15 is 0 Å². The molecule has 2 atom stereocenters. The van der Waals surface area contributed by atoms with Crippen LogP contribution in [0.1, 0.15) is 29.3 Å². The number of carbonyl (C=O) groups is 1. The molecule has 0 bridgehead atoms. The highest BCUT2D eigenvalue weighted by Crippen LogP contribution is 2.41. The number of benzene rings is 1. The van der Waals surface area contributed by atoms with Crippen molar-refractivity contribution in [1.82, 2.24) is 4.90 Å². The molecule has 0 aliphatic carbocycles. The van der Waals surface area contributed by atoms with Gasteiger partial charge in [-0.25, -0.2) is 0 Å². The summed E-state index contributed by atoms with van der Waals surface area (Å²) < 4.78 is 0. The second-order valence-corrected chi connectivity index (χ2v) is 7.85. The molecule has 0 saturated carbocycles. The Morgan fingerprint density at radius 2 is 2.10 bits per heavy atom. The van der Waals surface area contributed by atoms with Gasteiger partial charge in [-0.2, -0.15) is 0 Å². The van der Waals surface area contributed by atoms with Gasteiger partial charge >= 0.3 is 0 Å². The summed E-state index contributed by atoms with van der Waals surface area (Å²) in [4.78, 5) is 17.7. The van der Waals surface area contributed by atoms with Crippen LogP contribution in [-0.4, -0.2) is 22.6 Å². The van der Waals surface area contributed by atoms with Gasteiger partial charge in [0.25, 0.3) is 0 Å². The van der Waals surface area contributed by atoms with Gasteiger partial charge in [-0.15, -0.1) is 23.1 Å². The Kier molecular flexibility index (Phi) is 3.51. The van der Waals surface area contributed by atoms with Gasteiger partial charge < -0.3 is 4.90 Å². The monoisotopic (exact) mass is 315 g/mol.